The molecule has 0 saturated carbocycles. The summed E-state index contributed by atoms with van der Waals surface area (Å²) < 4.78 is 0. The van der Waals surface area contributed by atoms with Gasteiger partial charge in [-0.3, -0.25) is 19.5 Å². The Bertz CT molecular complexity index is 817. The first kappa shape index (κ1) is 21.9. The lowest BCUT2D eigenvalue weighted by Crippen LogP contribution is -2.50. The second-order valence-corrected chi connectivity index (χ2v) is 7.65. The van der Waals surface area contributed by atoms with Crippen LogP contribution in [0.15, 0.2) is 48.8 Å². The number of piperazine rings is 1. The van der Waals surface area contributed by atoms with Gasteiger partial charge in [0.1, 0.15) is 0 Å². The van der Waals surface area contributed by atoms with Gasteiger partial charge in [0.2, 0.25) is 0 Å². The summed E-state index contributed by atoms with van der Waals surface area (Å²) in [5.74, 6) is -1.22. The molecule has 0 unspecified atom stereocenters. The Hall–Kier alpha value is -2.77. The molecular formula is C23H31N5O2. The number of aryl methyl sites for hydroxylation is 1. The maximum absolute atomic E-state index is 12.4. The molecule has 3 rings (SSSR count). The summed E-state index contributed by atoms with van der Waals surface area (Å²) in [4.78, 5) is 33.6. The van der Waals surface area contributed by atoms with Crippen LogP contribution in [0.4, 0.5) is 0 Å². The molecule has 1 saturated heterocycles. The predicted molar refractivity (Wildman–Crippen MR) is 117 cm³/mol. The number of carbonyl (C=O) groups excluding carboxylic acids is 2. The van der Waals surface area contributed by atoms with E-state index in [1.54, 1.807) is 6.20 Å². The SMILES string of the molecule is CCN1CCN([C@@H](CNC(=O)C(=O)NCc2ccc(C)cc2)c2cccnc2)CC1. The maximum atomic E-state index is 12.4. The molecule has 1 fully saturated rings. The normalized spacial score (nSPS) is 16.1. The van der Waals surface area contributed by atoms with E-state index in [0.717, 1.165) is 49.4 Å². The van der Waals surface area contributed by atoms with Gasteiger partial charge in [0, 0.05) is 51.7 Å². The quantitative estimate of drug-likeness (QED) is 0.678. The van der Waals surface area contributed by atoms with Crippen LogP contribution in [0.1, 0.15) is 29.7 Å². The van der Waals surface area contributed by atoms with Crippen molar-refractivity contribution in [1.82, 2.24) is 25.4 Å². The first-order valence-electron chi connectivity index (χ1n) is 10.5. The zero-order valence-electron chi connectivity index (χ0n) is 17.8. The molecule has 1 aliphatic rings. The summed E-state index contributed by atoms with van der Waals surface area (Å²) in [5, 5.41) is 5.51. The van der Waals surface area contributed by atoms with Crippen LogP contribution in [0.25, 0.3) is 0 Å². The minimum absolute atomic E-state index is 0.00782. The fourth-order valence-electron chi connectivity index (χ4n) is 3.66. The molecule has 1 aromatic heterocycles. The van der Waals surface area contributed by atoms with Crippen LogP contribution in [0.2, 0.25) is 0 Å². The predicted octanol–water partition coefficient (Wildman–Crippen LogP) is 1.50. The highest BCUT2D eigenvalue weighted by molar-refractivity contribution is 6.35. The standard InChI is InChI=1S/C23H31N5O2/c1-3-27-11-13-28(14-12-27)21(20-5-4-10-24-16-20)17-26-23(30)22(29)25-15-19-8-6-18(2)7-9-19/h4-10,16,21H,3,11-15,17H2,1-2H3,(H,25,29)(H,26,30)/t21-/m0/s1. The van der Waals surface area contributed by atoms with E-state index in [1.165, 1.54) is 0 Å². The summed E-state index contributed by atoms with van der Waals surface area (Å²) in [6.07, 6.45) is 3.58. The van der Waals surface area contributed by atoms with Gasteiger partial charge in [0.05, 0.1) is 6.04 Å². The van der Waals surface area contributed by atoms with Gasteiger partial charge in [0.25, 0.3) is 0 Å². The largest absolute Gasteiger partial charge is 0.346 e. The molecule has 1 aromatic carbocycles. The summed E-state index contributed by atoms with van der Waals surface area (Å²) in [5.41, 5.74) is 3.16. The molecule has 30 heavy (non-hydrogen) atoms. The number of hydrogen-bond donors (Lipinski definition) is 2. The maximum Gasteiger partial charge on any atom is 0.309 e. The van der Waals surface area contributed by atoms with Crippen LogP contribution in [-0.2, 0) is 16.1 Å². The molecule has 7 nitrogen and oxygen atoms in total. The van der Waals surface area contributed by atoms with Crippen LogP contribution in [0.3, 0.4) is 0 Å². The average Bonchev–Trinajstić information content (AvgIpc) is 2.79. The van der Waals surface area contributed by atoms with Crippen molar-refractivity contribution >= 4 is 11.8 Å². The van der Waals surface area contributed by atoms with Crippen LogP contribution in [-0.4, -0.2) is 65.9 Å². The van der Waals surface area contributed by atoms with Gasteiger partial charge in [-0.1, -0.05) is 42.8 Å². The number of carbonyl (C=O) groups is 2. The van der Waals surface area contributed by atoms with Gasteiger partial charge in [-0.2, -0.15) is 0 Å². The van der Waals surface area contributed by atoms with Crippen molar-refractivity contribution in [3.05, 3.63) is 65.5 Å². The molecule has 2 heterocycles. The van der Waals surface area contributed by atoms with E-state index in [9.17, 15) is 9.59 Å². The monoisotopic (exact) mass is 409 g/mol. The molecule has 1 atom stereocenters. The van der Waals surface area contributed by atoms with E-state index in [2.05, 4.69) is 32.3 Å². The lowest BCUT2D eigenvalue weighted by molar-refractivity contribution is -0.139. The number of pyridine rings is 1. The van der Waals surface area contributed by atoms with Crippen molar-refractivity contribution in [3.63, 3.8) is 0 Å². The Balaban J connectivity index is 1.55. The minimum Gasteiger partial charge on any atom is -0.346 e. The molecule has 7 heteroatoms. The van der Waals surface area contributed by atoms with E-state index in [1.807, 2.05) is 49.5 Å². The second-order valence-electron chi connectivity index (χ2n) is 7.65. The smallest absolute Gasteiger partial charge is 0.309 e. The highest BCUT2D eigenvalue weighted by Crippen LogP contribution is 2.21. The van der Waals surface area contributed by atoms with Gasteiger partial charge in [-0.25, -0.2) is 0 Å². The average molecular weight is 410 g/mol. The lowest BCUT2D eigenvalue weighted by Gasteiger charge is -2.39. The molecule has 1 aliphatic heterocycles. The van der Waals surface area contributed by atoms with E-state index in [0.29, 0.717) is 13.1 Å². The fraction of sp³-hybridized carbons (Fsp3) is 0.435. The molecule has 160 valence electrons. The Morgan fingerprint density at radius 3 is 2.37 bits per heavy atom. The first-order chi connectivity index (χ1) is 14.6. The summed E-state index contributed by atoms with van der Waals surface area (Å²) in [7, 11) is 0. The third kappa shape index (κ3) is 6.11. The van der Waals surface area contributed by atoms with Crippen LogP contribution in [0.5, 0.6) is 0 Å². The number of nitrogens with one attached hydrogen (secondary N) is 2. The van der Waals surface area contributed by atoms with Crippen molar-refractivity contribution in [2.45, 2.75) is 26.4 Å². The first-order valence-corrected chi connectivity index (χ1v) is 10.5. The van der Waals surface area contributed by atoms with Crippen molar-refractivity contribution < 1.29 is 9.59 Å². The molecule has 2 N–H and O–H groups in total. The van der Waals surface area contributed by atoms with Crippen LogP contribution >= 0.6 is 0 Å². The third-order valence-corrected chi connectivity index (χ3v) is 5.60. The summed E-state index contributed by atoms with van der Waals surface area (Å²) in [6, 6.07) is 11.8. The Kier molecular flexibility index (Phi) is 7.93. The molecule has 2 aromatic rings. The highest BCUT2D eigenvalue weighted by Gasteiger charge is 2.26. The van der Waals surface area contributed by atoms with Crippen molar-refractivity contribution in [2.24, 2.45) is 0 Å². The topological polar surface area (TPSA) is 77.6 Å². The van der Waals surface area contributed by atoms with E-state index < -0.39 is 11.8 Å². The number of rotatable bonds is 7. The minimum atomic E-state index is -0.615. The van der Waals surface area contributed by atoms with Gasteiger partial charge in [0.15, 0.2) is 0 Å². The molecular weight excluding hydrogens is 378 g/mol. The number of amides is 2. The van der Waals surface area contributed by atoms with Crippen molar-refractivity contribution in [2.75, 3.05) is 39.3 Å². The second kappa shape index (κ2) is 10.8. The number of aromatic nitrogens is 1. The van der Waals surface area contributed by atoms with Crippen molar-refractivity contribution in [3.8, 4) is 0 Å². The summed E-state index contributed by atoms with van der Waals surface area (Å²) in [6.45, 7) is 9.76. The Labute approximate surface area is 178 Å². The van der Waals surface area contributed by atoms with Gasteiger partial charge in [-0.05, 0) is 30.7 Å². The van der Waals surface area contributed by atoms with Crippen LogP contribution in [0, 0.1) is 6.92 Å². The van der Waals surface area contributed by atoms with E-state index >= 15 is 0 Å². The highest BCUT2D eigenvalue weighted by atomic mass is 16.2. The molecule has 2 amide bonds. The number of benzene rings is 1. The van der Waals surface area contributed by atoms with Gasteiger partial charge in [-0.15, -0.1) is 0 Å². The lowest BCUT2D eigenvalue weighted by atomic mass is 10.1. The van der Waals surface area contributed by atoms with Gasteiger partial charge >= 0.3 is 11.8 Å². The van der Waals surface area contributed by atoms with E-state index in [4.69, 9.17) is 0 Å². The number of nitrogens with zero attached hydrogens (tertiary/aromatic N) is 3. The molecule has 0 radical (unpaired) electrons. The molecule has 0 spiro atoms. The van der Waals surface area contributed by atoms with Crippen LogP contribution < -0.4 is 10.6 Å². The van der Waals surface area contributed by atoms with Crippen molar-refractivity contribution in [1.29, 1.82) is 0 Å². The van der Waals surface area contributed by atoms with E-state index in [-0.39, 0.29) is 6.04 Å². The van der Waals surface area contributed by atoms with Gasteiger partial charge < -0.3 is 15.5 Å². The Morgan fingerprint density at radius 2 is 1.73 bits per heavy atom. The number of likely N-dealkylation sites (N-methyl/N-ethyl adjacent to an activating group) is 1. The zero-order chi connectivity index (χ0) is 21.3. The summed E-state index contributed by atoms with van der Waals surface area (Å²) >= 11 is 0. The zero-order valence-corrected chi connectivity index (χ0v) is 17.8. The number of hydrogen-bond acceptors (Lipinski definition) is 5. The fourth-order valence-corrected chi connectivity index (χ4v) is 3.66. The molecule has 0 bridgehead atoms. The third-order valence-electron chi connectivity index (χ3n) is 5.60. The Morgan fingerprint density at radius 1 is 1.03 bits per heavy atom. The molecule has 0 aliphatic carbocycles.